The van der Waals surface area contributed by atoms with Gasteiger partial charge in [0.15, 0.2) is 0 Å². The van der Waals surface area contributed by atoms with Crippen LogP contribution in [0.1, 0.15) is 53.8 Å². The Balaban J connectivity index is 1.24. The molecule has 0 fully saturated rings. The molecule has 2 aliphatic rings. The zero-order valence-electron chi connectivity index (χ0n) is 24.1. The molecule has 5 aromatic carbocycles. The maximum atomic E-state index is 9.88. The molecule has 0 N–H and O–H groups in total. The Morgan fingerprint density at radius 1 is 0.698 bits per heavy atom. The van der Waals surface area contributed by atoms with Crippen molar-refractivity contribution < 1.29 is 4.42 Å². The third-order valence-electron chi connectivity index (χ3n) is 9.77. The molecule has 2 aliphatic carbocycles. The molecule has 2 heterocycles. The highest BCUT2D eigenvalue weighted by atomic mass is 16.3. The molecule has 0 amide bonds. The van der Waals surface area contributed by atoms with Crippen LogP contribution >= 0.6 is 0 Å². The number of fused-ring (bicyclic) bond motifs is 9. The van der Waals surface area contributed by atoms with E-state index in [-0.39, 0.29) is 5.41 Å². The van der Waals surface area contributed by atoms with E-state index in [1.165, 1.54) is 49.5 Å². The van der Waals surface area contributed by atoms with E-state index in [2.05, 4.69) is 122 Å². The van der Waals surface area contributed by atoms with E-state index >= 15 is 0 Å². The van der Waals surface area contributed by atoms with Gasteiger partial charge >= 0.3 is 0 Å². The smallest absolute Gasteiger partial charge is 0.135 e. The highest BCUT2D eigenvalue weighted by Gasteiger charge is 2.36. The fraction of sp³-hybridized carbons (Fsp3) is 0.125. The molecular formula is C40H28N2O. The second kappa shape index (κ2) is 8.60. The summed E-state index contributed by atoms with van der Waals surface area (Å²) in [5.74, 6) is 0.948. The molecule has 204 valence electrons. The van der Waals surface area contributed by atoms with Crippen LogP contribution in [0.3, 0.4) is 0 Å². The number of para-hydroxylation sites is 2. The molecule has 43 heavy (non-hydrogen) atoms. The average Bonchev–Trinajstić information content (AvgIpc) is 3.65. The zero-order valence-corrected chi connectivity index (χ0v) is 24.1. The first-order chi connectivity index (χ1) is 21.0. The van der Waals surface area contributed by atoms with Crippen molar-refractivity contribution in [1.82, 2.24) is 4.57 Å². The van der Waals surface area contributed by atoms with Crippen LogP contribution in [0.25, 0.3) is 61.2 Å². The van der Waals surface area contributed by atoms with Crippen molar-refractivity contribution in [3.05, 3.63) is 137 Å². The van der Waals surface area contributed by atoms with Gasteiger partial charge < -0.3 is 8.98 Å². The van der Waals surface area contributed by atoms with Gasteiger partial charge in [-0.1, -0.05) is 80.6 Å². The molecule has 2 aromatic heterocycles. The second-order valence-electron chi connectivity index (χ2n) is 12.4. The van der Waals surface area contributed by atoms with Gasteiger partial charge in [-0.3, -0.25) is 0 Å². The van der Waals surface area contributed by atoms with E-state index in [1.54, 1.807) is 0 Å². The number of aryl methyl sites for hydroxylation is 1. The monoisotopic (exact) mass is 552 g/mol. The van der Waals surface area contributed by atoms with Crippen molar-refractivity contribution in [3.63, 3.8) is 0 Å². The topological polar surface area (TPSA) is 41.9 Å². The molecule has 0 saturated carbocycles. The Labute approximate surface area is 249 Å². The van der Waals surface area contributed by atoms with Gasteiger partial charge in [0.1, 0.15) is 11.3 Å². The predicted molar refractivity (Wildman–Crippen MR) is 175 cm³/mol. The molecule has 0 spiro atoms. The molecular weight excluding hydrogens is 524 g/mol. The lowest BCUT2D eigenvalue weighted by Crippen LogP contribution is -2.14. The van der Waals surface area contributed by atoms with E-state index in [0.717, 1.165) is 46.5 Å². The molecule has 0 bridgehead atoms. The summed E-state index contributed by atoms with van der Waals surface area (Å²) in [5, 5.41) is 13.5. The summed E-state index contributed by atoms with van der Waals surface area (Å²) in [4.78, 5) is 0. The number of aromatic nitrogens is 1. The first kappa shape index (κ1) is 24.3. The molecule has 0 radical (unpaired) electrons. The molecule has 0 unspecified atom stereocenters. The van der Waals surface area contributed by atoms with Gasteiger partial charge in [0.2, 0.25) is 0 Å². The summed E-state index contributed by atoms with van der Waals surface area (Å²) in [6, 6.07) is 38.9. The Kier molecular flexibility index (Phi) is 4.86. The Bertz CT molecular complexity index is 2330. The summed E-state index contributed by atoms with van der Waals surface area (Å²) < 4.78 is 8.96. The van der Waals surface area contributed by atoms with Crippen LogP contribution in [0.5, 0.6) is 0 Å². The minimum Gasteiger partial charge on any atom is -0.456 e. The molecule has 0 aliphatic heterocycles. The van der Waals surface area contributed by atoms with E-state index in [1.807, 2.05) is 12.1 Å². The van der Waals surface area contributed by atoms with Crippen molar-refractivity contribution in [2.45, 2.75) is 32.1 Å². The van der Waals surface area contributed by atoms with E-state index in [9.17, 15) is 5.26 Å². The number of rotatable bonds is 2. The fourth-order valence-corrected chi connectivity index (χ4v) is 7.68. The minimum absolute atomic E-state index is 0.0614. The fourth-order valence-electron chi connectivity index (χ4n) is 7.68. The van der Waals surface area contributed by atoms with Crippen LogP contribution in [0.2, 0.25) is 0 Å². The number of nitrogens with zero attached hydrogens (tertiary/aromatic N) is 2. The highest BCUT2D eigenvalue weighted by Crippen LogP contribution is 2.51. The van der Waals surface area contributed by atoms with Crippen LogP contribution in [0.4, 0.5) is 0 Å². The summed E-state index contributed by atoms with van der Waals surface area (Å²) in [7, 11) is 0. The van der Waals surface area contributed by atoms with Crippen LogP contribution in [0.15, 0.2) is 108 Å². The molecule has 7 aromatic rings. The van der Waals surface area contributed by atoms with Crippen molar-refractivity contribution in [3.8, 4) is 22.9 Å². The second-order valence-corrected chi connectivity index (χ2v) is 12.4. The minimum atomic E-state index is -0.0614. The van der Waals surface area contributed by atoms with Gasteiger partial charge in [0, 0.05) is 32.7 Å². The number of hydrogen-bond acceptors (Lipinski definition) is 2. The number of hydrogen-bond donors (Lipinski definition) is 0. The van der Waals surface area contributed by atoms with Gasteiger partial charge in [0.05, 0.1) is 28.4 Å². The van der Waals surface area contributed by atoms with Crippen molar-refractivity contribution in [2.24, 2.45) is 0 Å². The quantitative estimate of drug-likeness (QED) is 0.214. The average molecular weight is 553 g/mol. The zero-order chi connectivity index (χ0) is 28.9. The van der Waals surface area contributed by atoms with Crippen LogP contribution in [-0.2, 0) is 11.8 Å². The lowest BCUT2D eigenvalue weighted by atomic mass is 9.82. The first-order valence-electron chi connectivity index (χ1n) is 15.0. The molecule has 9 rings (SSSR count). The molecule has 0 atom stereocenters. The lowest BCUT2D eigenvalue weighted by Gasteiger charge is -2.21. The van der Waals surface area contributed by atoms with Crippen molar-refractivity contribution >= 4 is 44.4 Å². The van der Waals surface area contributed by atoms with E-state index < -0.39 is 0 Å². The van der Waals surface area contributed by atoms with Gasteiger partial charge in [-0.15, -0.1) is 0 Å². The Hall–Kier alpha value is -5.33. The normalized spacial score (nSPS) is 14.9. The first-order valence-corrected chi connectivity index (χ1v) is 15.0. The van der Waals surface area contributed by atoms with E-state index in [4.69, 9.17) is 4.42 Å². The Morgan fingerprint density at radius 3 is 2.19 bits per heavy atom. The summed E-state index contributed by atoms with van der Waals surface area (Å²) in [5.41, 5.74) is 13.9. The van der Waals surface area contributed by atoms with Gasteiger partial charge in [0.25, 0.3) is 0 Å². The third-order valence-corrected chi connectivity index (χ3v) is 9.77. The Morgan fingerprint density at radius 2 is 1.42 bits per heavy atom. The maximum Gasteiger partial charge on any atom is 0.135 e. The van der Waals surface area contributed by atoms with Crippen LogP contribution < -0.4 is 0 Å². The van der Waals surface area contributed by atoms with Crippen LogP contribution in [0, 0.1) is 11.3 Å². The van der Waals surface area contributed by atoms with Crippen molar-refractivity contribution in [1.29, 1.82) is 5.26 Å². The molecule has 3 heteroatoms. The third kappa shape index (κ3) is 3.29. The van der Waals surface area contributed by atoms with Gasteiger partial charge in [-0.05, 0) is 83.1 Å². The largest absolute Gasteiger partial charge is 0.456 e. The molecule has 3 nitrogen and oxygen atoms in total. The number of allylic oxidation sites excluding steroid dienone is 1. The lowest BCUT2D eigenvalue weighted by molar-refractivity contribution is 0.593. The SMILES string of the molecule is CC1(C)c2ccccc2-c2cc3c4c(oc3cc21)C=C(c1ccc(C#N)cc1-n1c2ccccc2c2ccccc21)CC4. The van der Waals surface area contributed by atoms with E-state index in [0.29, 0.717) is 5.56 Å². The number of nitriles is 1. The predicted octanol–water partition coefficient (Wildman–Crippen LogP) is 10.2. The maximum absolute atomic E-state index is 9.88. The number of furan rings is 1. The standard InChI is InChI=1S/C40H28N2O/c1-40(2)33-12-6-3-9-27(33)31-21-32-30-18-16-25(20-38(30)43-39(32)22-34(31)40)26-17-15-24(23-41)19-37(26)42-35-13-7-4-10-28(35)29-11-5-8-14-36(29)42/h3-15,17,19-22H,16,18H2,1-2H3. The summed E-state index contributed by atoms with van der Waals surface area (Å²) in [6.07, 6.45) is 4.04. The summed E-state index contributed by atoms with van der Waals surface area (Å²) in [6.45, 7) is 4.62. The van der Waals surface area contributed by atoms with Gasteiger partial charge in [-0.2, -0.15) is 5.26 Å². The number of benzene rings is 5. The summed E-state index contributed by atoms with van der Waals surface area (Å²) >= 11 is 0. The highest BCUT2D eigenvalue weighted by molar-refractivity contribution is 6.10. The molecule has 0 saturated heterocycles. The van der Waals surface area contributed by atoms with Crippen molar-refractivity contribution in [2.75, 3.05) is 0 Å². The van der Waals surface area contributed by atoms with Crippen LogP contribution in [-0.4, -0.2) is 4.57 Å². The van der Waals surface area contributed by atoms with Gasteiger partial charge in [-0.25, -0.2) is 0 Å².